The predicted octanol–water partition coefficient (Wildman–Crippen LogP) is 3.18. The summed E-state index contributed by atoms with van der Waals surface area (Å²) in [6.45, 7) is 8.52. The molecule has 3 aliphatic rings. The summed E-state index contributed by atoms with van der Waals surface area (Å²) in [6.07, 6.45) is -7.35. The van der Waals surface area contributed by atoms with Crippen LogP contribution in [0.2, 0.25) is 0 Å². The van der Waals surface area contributed by atoms with Crippen molar-refractivity contribution in [2.24, 2.45) is 0 Å². The molecule has 0 aromatic carbocycles. The second kappa shape index (κ2) is 13.4. The van der Waals surface area contributed by atoms with E-state index in [1.165, 1.54) is 11.3 Å². The Balaban J connectivity index is 0.000000303. The van der Waals surface area contributed by atoms with Gasteiger partial charge in [0.25, 0.3) is 5.91 Å². The molecule has 43 heavy (non-hydrogen) atoms. The van der Waals surface area contributed by atoms with Gasteiger partial charge in [-0.1, -0.05) is 0 Å². The lowest BCUT2D eigenvalue weighted by atomic mass is 9.80. The average molecular weight is 642 g/mol. The number of likely N-dealkylation sites (N-methyl/N-ethyl adjacent to an activating group) is 1. The summed E-state index contributed by atoms with van der Waals surface area (Å²) in [5, 5.41) is 16.2. The summed E-state index contributed by atoms with van der Waals surface area (Å²) in [4.78, 5) is 48.0. The fourth-order valence-electron chi connectivity index (χ4n) is 4.64. The Morgan fingerprint density at radius 3 is 2.09 bits per heavy atom. The number of rotatable bonds is 2. The van der Waals surface area contributed by atoms with Crippen LogP contribution in [-0.4, -0.2) is 113 Å². The van der Waals surface area contributed by atoms with Crippen LogP contribution in [0.1, 0.15) is 32.9 Å². The number of thiophene rings is 1. The van der Waals surface area contributed by atoms with E-state index in [1.54, 1.807) is 0 Å². The lowest BCUT2D eigenvalue weighted by Gasteiger charge is -2.36. The fraction of sp³-hybridized carbons (Fsp3) is 0.560. The topological polar surface area (TPSA) is 136 Å². The fourth-order valence-corrected chi connectivity index (χ4v) is 5.53. The normalized spacial score (nSPS) is 20.5. The van der Waals surface area contributed by atoms with Crippen molar-refractivity contribution in [3.8, 4) is 0 Å². The summed E-state index contributed by atoms with van der Waals surface area (Å²) in [5.41, 5.74) is 2.99. The molecule has 2 N–H and O–H groups in total. The number of alkyl halides is 6. The van der Waals surface area contributed by atoms with Crippen molar-refractivity contribution in [1.29, 1.82) is 0 Å². The third-order valence-corrected chi connectivity index (χ3v) is 7.96. The number of piperazine rings is 1. The van der Waals surface area contributed by atoms with E-state index in [0.717, 1.165) is 66.8 Å². The Bertz CT molecular complexity index is 1290. The maximum Gasteiger partial charge on any atom is 0.490 e. The molecule has 2 fully saturated rings. The minimum absolute atomic E-state index is 0.134. The molecule has 2 aromatic rings. The van der Waals surface area contributed by atoms with Gasteiger partial charge in [0, 0.05) is 51.0 Å². The molecule has 0 aliphatic carbocycles. The number of carboxylic acid groups (broad SMARTS) is 2. The van der Waals surface area contributed by atoms with E-state index < -0.39 is 24.3 Å². The van der Waals surface area contributed by atoms with E-state index in [-0.39, 0.29) is 11.3 Å². The molecule has 0 saturated carbocycles. The number of carbonyl (C=O) groups excluding carboxylic acids is 1. The molecule has 238 valence electrons. The van der Waals surface area contributed by atoms with Crippen LogP contribution in [0, 0.1) is 6.92 Å². The van der Waals surface area contributed by atoms with Crippen molar-refractivity contribution in [2.75, 3.05) is 57.8 Å². The molecular formula is C25H29F6N5O6S. The van der Waals surface area contributed by atoms with Crippen molar-refractivity contribution in [3.63, 3.8) is 0 Å². The number of aryl methyl sites for hydroxylation is 1. The molecule has 11 nitrogen and oxygen atoms in total. The number of aliphatic carboxylic acids is 2. The molecule has 3 aliphatic heterocycles. The largest absolute Gasteiger partial charge is 0.490 e. The molecular weight excluding hydrogens is 612 g/mol. The lowest BCUT2D eigenvalue weighted by molar-refractivity contribution is -0.193. The first-order valence-electron chi connectivity index (χ1n) is 12.8. The summed E-state index contributed by atoms with van der Waals surface area (Å²) in [7, 11) is 2.15. The minimum Gasteiger partial charge on any atom is -0.475 e. The van der Waals surface area contributed by atoms with Crippen LogP contribution in [0.25, 0.3) is 0 Å². The number of nitrogens with zero attached hydrogens (tertiary/aromatic N) is 5. The van der Waals surface area contributed by atoms with Gasteiger partial charge in [-0.25, -0.2) is 19.6 Å². The summed E-state index contributed by atoms with van der Waals surface area (Å²) in [5.74, 6) is -4.56. The zero-order chi connectivity index (χ0) is 32.2. The average Bonchev–Trinajstić information content (AvgIpc) is 3.55. The number of aromatic nitrogens is 2. The number of fused-ring (bicyclic) bond motifs is 2. The quantitative estimate of drug-likeness (QED) is 0.471. The SMILES string of the molecule is Cc1ccsc1C(=O)N1CCC2(COCc3cnc(N4CCN(C)CC4)nc32)C1.O=C(O)C(F)(F)F.O=C(O)C(F)(F)F. The van der Waals surface area contributed by atoms with Gasteiger partial charge in [0.1, 0.15) is 0 Å². The Labute approximate surface area is 245 Å². The second-order valence-electron chi connectivity index (χ2n) is 10.1. The van der Waals surface area contributed by atoms with Gasteiger partial charge in [-0.15, -0.1) is 11.3 Å². The highest BCUT2D eigenvalue weighted by Gasteiger charge is 2.47. The molecule has 2 saturated heterocycles. The highest BCUT2D eigenvalue weighted by molar-refractivity contribution is 7.12. The number of hydrogen-bond donors (Lipinski definition) is 2. The minimum atomic E-state index is -5.08. The number of halogens is 6. The van der Waals surface area contributed by atoms with Crippen molar-refractivity contribution in [2.45, 2.75) is 37.7 Å². The number of hydrogen-bond acceptors (Lipinski definition) is 9. The number of likely N-dealkylation sites (tertiary alicyclic amines) is 1. The predicted molar refractivity (Wildman–Crippen MR) is 140 cm³/mol. The van der Waals surface area contributed by atoms with Crippen molar-refractivity contribution >= 4 is 35.1 Å². The van der Waals surface area contributed by atoms with E-state index >= 15 is 0 Å². The zero-order valence-electron chi connectivity index (χ0n) is 23.0. The van der Waals surface area contributed by atoms with Gasteiger partial charge in [0.05, 0.1) is 29.2 Å². The number of carboxylic acids is 2. The smallest absolute Gasteiger partial charge is 0.475 e. The summed E-state index contributed by atoms with van der Waals surface area (Å²) in [6, 6.07) is 2.01. The highest BCUT2D eigenvalue weighted by atomic mass is 32.1. The van der Waals surface area contributed by atoms with Crippen LogP contribution in [0.4, 0.5) is 32.3 Å². The van der Waals surface area contributed by atoms with Crippen LogP contribution in [-0.2, 0) is 26.3 Å². The maximum absolute atomic E-state index is 13.1. The van der Waals surface area contributed by atoms with E-state index in [0.29, 0.717) is 19.8 Å². The van der Waals surface area contributed by atoms with Crippen molar-refractivity contribution in [3.05, 3.63) is 39.3 Å². The van der Waals surface area contributed by atoms with E-state index in [1.807, 2.05) is 29.5 Å². The number of anilines is 1. The molecule has 5 rings (SSSR count). The van der Waals surface area contributed by atoms with Gasteiger partial charge in [-0.3, -0.25) is 4.79 Å². The number of carbonyl (C=O) groups is 3. The first-order valence-corrected chi connectivity index (χ1v) is 13.6. The van der Waals surface area contributed by atoms with Gasteiger partial charge in [-0.2, -0.15) is 26.3 Å². The standard InChI is InChI=1S/C21H27N5O2S.2C2HF3O2/c1-15-3-10-29-17(15)19(27)26-5-4-21(13-26)14-28-12-16-11-22-20(23-18(16)21)25-8-6-24(2)7-9-25;2*3-2(4,5)1(6)7/h3,10-11H,4-9,12-14H2,1-2H3;2*(H,6,7). The maximum atomic E-state index is 13.1. The zero-order valence-corrected chi connectivity index (χ0v) is 23.9. The first kappa shape index (κ1) is 34.0. The lowest BCUT2D eigenvalue weighted by Crippen LogP contribution is -2.46. The Hall–Kier alpha value is -3.51. The van der Waals surface area contributed by atoms with Crippen LogP contribution < -0.4 is 4.90 Å². The van der Waals surface area contributed by atoms with Crippen LogP contribution in [0.15, 0.2) is 17.6 Å². The molecule has 0 radical (unpaired) electrons. The monoisotopic (exact) mass is 641 g/mol. The molecule has 1 atom stereocenters. The molecule has 1 spiro atoms. The van der Waals surface area contributed by atoms with Gasteiger partial charge in [0.15, 0.2) is 0 Å². The molecule has 1 unspecified atom stereocenters. The van der Waals surface area contributed by atoms with Crippen LogP contribution in [0.5, 0.6) is 0 Å². The third kappa shape index (κ3) is 8.54. The Morgan fingerprint density at radius 2 is 1.58 bits per heavy atom. The summed E-state index contributed by atoms with van der Waals surface area (Å²) < 4.78 is 69.4. The number of amides is 1. The molecule has 0 bridgehead atoms. The second-order valence-corrected chi connectivity index (χ2v) is 11.0. The Morgan fingerprint density at radius 1 is 1.00 bits per heavy atom. The Kier molecular flexibility index (Phi) is 10.6. The van der Waals surface area contributed by atoms with Crippen molar-refractivity contribution in [1.82, 2.24) is 19.8 Å². The summed E-state index contributed by atoms with van der Waals surface area (Å²) >= 11 is 1.53. The van der Waals surface area contributed by atoms with E-state index in [9.17, 15) is 31.1 Å². The van der Waals surface area contributed by atoms with Gasteiger partial charge < -0.3 is 29.6 Å². The van der Waals surface area contributed by atoms with Crippen molar-refractivity contribution < 1.29 is 55.7 Å². The third-order valence-electron chi connectivity index (χ3n) is 6.96. The van der Waals surface area contributed by atoms with Gasteiger partial charge in [-0.05, 0) is 37.4 Å². The number of ether oxygens (including phenoxy) is 1. The van der Waals surface area contributed by atoms with Gasteiger partial charge >= 0.3 is 24.3 Å². The molecule has 1 amide bonds. The molecule has 2 aromatic heterocycles. The molecule has 18 heteroatoms. The highest BCUT2D eigenvalue weighted by Crippen LogP contribution is 2.40. The molecule has 5 heterocycles. The van der Waals surface area contributed by atoms with E-state index in [4.69, 9.17) is 29.5 Å². The van der Waals surface area contributed by atoms with Gasteiger partial charge in [0.2, 0.25) is 5.95 Å². The van der Waals surface area contributed by atoms with Crippen LogP contribution in [0.3, 0.4) is 0 Å². The van der Waals surface area contributed by atoms with E-state index in [2.05, 4.69) is 21.8 Å². The first-order chi connectivity index (χ1) is 19.9. The van der Waals surface area contributed by atoms with Crippen LogP contribution >= 0.6 is 11.3 Å².